The molecule has 20 heavy (non-hydrogen) atoms. The molecular weight excluding hydrogens is 262 g/mol. The molecule has 2 unspecified atom stereocenters. The monoisotopic (exact) mass is 277 g/mol. The van der Waals surface area contributed by atoms with E-state index in [0.717, 1.165) is 19.3 Å². The highest BCUT2D eigenvalue weighted by Crippen LogP contribution is 2.43. The molecule has 0 bridgehead atoms. The lowest BCUT2D eigenvalue weighted by atomic mass is 10.0. The van der Waals surface area contributed by atoms with Crippen molar-refractivity contribution in [2.75, 3.05) is 5.73 Å². The van der Waals surface area contributed by atoms with Gasteiger partial charge < -0.3 is 15.6 Å². The number of fused-ring (bicyclic) bond motifs is 2. The molecule has 1 saturated carbocycles. The summed E-state index contributed by atoms with van der Waals surface area (Å²) in [7, 11) is 0. The van der Waals surface area contributed by atoms with Crippen LogP contribution in [0.15, 0.2) is 11.1 Å². The molecule has 106 valence electrons. The number of aliphatic hydroxyl groups excluding tert-OH is 1. The van der Waals surface area contributed by atoms with Crippen molar-refractivity contribution in [3.05, 3.63) is 16.7 Å². The third kappa shape index (κ3) is 1.58. The lowest BCUT2D eigenvalue weighted by Gasteiger charge is -2.16. The molecule has 2 fully saturated rings. The molecule has 1 aliphatic heterocycles. The van der Waals surface area contributed by atoms with Crippen LogP contribution >= 0.6 is 0 Å². The minimum absolute atomic E-state index is 0.0578. The van der Waals surface area contributed by atoms with Crippen LogP contribution in [0.4, 0.5) is 5.95 Å². The number of H-pyrrole nitrogens is 1. The van der Waals surface area contributed by atoms with Gasteiger partial charge in [0, 0.05) is 0 Å². The van der Waals surface area contributed by atoms with Gasteiger partial charge in [0.25, 0.3) is 5.56 Å². The van der Waals surface area contributed by atoms with Crippen molar-refractivity contribution in [2.24, 2.45) is 5.92 Å². The van der Waals surface area contributed by atoms with E-state index in [9.17, 15) is 9.90 Å². The quantitative estimate of drug-likeness (QED) is 0.662. The molecule has 2 aromatic rings. The highest BCUT2D eigenvalue weighted by Gasteiger charge is 2.44. The minimum atomic E-state index is -0.402. The Morgan fingerprint density at radius 3 is 3.15 bits per heavy atom. The minimum Gasteiger partial charge on any atom is -0.390 e. The van der Waals surface area contributed by atoms with E-state index in [2.05, 4.69) is 15.0 Å². The van der Waals surface area contributed by atoms with Crippen LogP contribution < -0.4 is 11.3 Å². The van der Waals surface area contributed by atoms with Gasteiger partial charge in [-0.25, -0.2) is 4.98 Å². The maximum Gasteiger partial charge on any atom is 0.280 e. The van der Waals surface area contributed by atoms with Gasteiger partial charge in [-0.3, -0.25) is 14.3 Å². The fourth-order valence-corrected chi connectivity index (χ4v) is 3.31. The molecule has 3 heterocycles. The molecule has 0 amide bonds. The van der Waals surface area contributed by atoms with Crippen LogP contribution in [0.1, 0.15) is 25.5 Å². The zero-order chi connectivity index (χ0) is 13.9. The van der Waals surface area contributed by atoms with E-state index in [1.54, 1.807) is 10.9 Å². The highest BCUT2D eigenvalue weighted by atomic mass is 16.5. The first-order valence-electron chi connectivity index (χ1n) is 6.69. The van der Waals surface area contributed by atoms with Crippen LogP contribution in [0.3, 0.4) is 0 Å². The first-order valence-corrected chi connectivity index (χ1v) is 6.69. The lowest BCUT2D eigenvalue weighted by Crippen LogP contribution is -2.23. The summed E-state index contributed by atoms with van der Waals surface area (Å²) in [5.41, 5.74) is 5.89. The predicted octanol–water partition coefficient (Wildman–Crippen LogP) is -0.240. The van der Waals surface area contributed by atoms with E-state index >= 15 is 0 Å². The van der Waals surface area contributed by atoms with Crippen LogP contribution in [0.25, 0.3) is 11.2 Å². The van der Waals surface area contributed by atoms with Crippen molar-refractivity contribution in [1.29, 1.82) is 0 Å². The molecule has 4 N–H and O–H groups in total. The van der Waals surface area contributed by atoms with Gasteiger partial charge >= 0.3 is 0 Å². The van der Waals surface area contributed by atoms with Crippen molar-refractivity contribution >= 4 is 17.1 Å². The summed E-state index contributed by atoms with van der Waals surface area (Å²) < 4.78 is 7.64. The van der Waals surface area contributed by atoms with Crippen LogP contribution in [-0.2, 0) is 4.74 Å². The Kier molecular flexibility index (Phi) is 2.39. The number of aromatic amines is 1. The van der Waals surface area contributed by atoms with Gasteiger partial charge in [-0.15, -0.1) is 0 Å². The summed E-state index contributed by atoms with van der Waals surface area (Å²) >= 11 is 0. The van der Waals surface area contributed by atoms with Gasteiger partial charge in [-0.05, 0) is 25.2 Å². The van der Waals surface area contributed by atoms with Gasteiger partial charge in [0.05, 0.1) is 18.5 Å². The second-order valence-corrected chi connectivity index (χ2v) is 5.47. The number of aromatic nitrogens is 4. The average Bonchev–Trinajstić information content (AvgIpc) is 3.05. The van der Waals surface area contributed by atoms with E-state index in [4.69, 9.17) is 10.5 Å². The van der Waals surface area contributed by atoms with Gasteiger partial charge in [0.15, 0.2) is 11.2 Å². The first-order chi connectivity index (χ1) is 9.63. The maximum absolute atomic E-state index is 11.7. The molecule has 8 nitrogen and oxygen atoms in total. The summed E-state index contributed by atoms with van der Waals surface area (Å²) in [6, 6.07) is 0. The number of ether oxygens (including phenoxy) is 1. The number of hydrogen-bond donors (Lipinski definition) is 3. The van der Waals surface area contributed by atoms with E-state index in [-0.39, 0.29) is 29.4 Å². The first kappa shape index (κ1) is 11.9. The van der Waals surface area contributed by atoms with Gasteiger partial charge in [-0.1, -0.05) is 0 Å². The Hall–Kier alpha value is -1.93. The molecule has 2 aliphatic rings. The third-order valence-corrected chi connectivity index (χ3v) is 4.26. The predicted molar refractivity (Wildman–Crippen MR) is 69.8 cm³/mol. The smallest absolute Gasteiger partial charge is 0.280 e. The van der Waals surface area contributed by atoms with Crippen LogP contribution in [-0.4, -0.2) is 36.8 Å². The van der Waals surface area contributed by atoms with Crippen LogP contribution in [0.2, 0.25) is 0 Å². The second-order valence-electron chi connectivity index (χ2n) is 5.47. The number of nitrogens with two attached hydrogens (primary N) is 1. The third-order valence-electron chi connectivity index (χ3n) is 4.26. The lowest BCUT2D eigenvalue weighted by molar-refractivity contribution is -0.0525. The number of rotatable bonds is 1. The highest BCUT2D eigenvalue weighted by molar-refractivity contribution is 5.70. The fourth-order valence-electron chi connectivity index (χ4n) is 3.31. The van der Waals surface area contributed by atoms with Gasteiger partial charge in [0.1, 0.15) is 6.23 Å². The molecule has 4 rings (SSSR count). The molecule has 8 heteroatoms. The maximum atomic E-state index is 11.7. The summed E-state index contributed by atoms with van der Waals surface area (Å²) in [5.74, 6) is 0.411. The molecule has 2 aromatic heterocycles. The van der Waals surface area contributed by atoms with Crippen molar-refractivity contribution in [3.63, 3.8) is 0 Å². The van der Waals surface area contributed by atoms with Crippen molar-refractivity contribution in [1.82, 2.24) is 19.5 Å². The molecule has 1 saturated heterocycles. The van der Waals surface area contributed by atoms with E-state index in [1.165, 1.54) is 0 Å². The molecule has 1 aliphatic carbocycles. The molecule has 0 aromatic carbocycles. The van der Waals surface area contributed by atoms with Crippen molar-refractivity contribution in [2.45, 2.75) is 37.7 Å². The summed E-state index contributed by atoms with van der Waals surface area (Å²) in [6.07, 6.45) is 3.31. The Balaban J connectivity index is 1.75. The number of nitrogens with one attached hydrogen (secondary N) is 1. The second kappa shape index (κ2) is 4.03. The van der Waals surface area contributed by atoms with Gasteiger partial charge in [0.2, 0.25) is 5.95 Å². The molecule has 4 atom stereocenters. The number of anilines is 1. The van der Waals surface area contributed by atoms with Crippen molar-refractivity contribution < 1.29 is 9.84 Å². The Morgan fingerprint density at radius 1 is 1.50 bits per heavy atom. The number of hydrogen-bond acceptors (Lipinski definition) is 6. The summed E-state index contributed by atoms with van der Waals surface area (Å²) in [5, 5.41) is 9.88. The van der Waals surface area contributed by atoms with Crippen LogP contribution in [0.5, 0.6) is 0 Å². The number of nitrogen functional groups attached to an aromatic ring is 1. The Labute approximate surface area is 113 Å². The normalized spacial score (nSPS) is 32.9. The van der Waals surface area contributed by atoms with E-state index in [0.29, 0.717) is 11.6 Å². The zero-order valence-electron chi connectivity index (χ0n) is 10.7. The fraction of sp³-hybridized carbons (Fsp3) is 0.583. The largest absolute Gasteiger partial charge is 0.390 e. The zero-order valence-corrected chi connectivity index (χ0v) is 10.7. The Bertz CT molecular complexity index is 723. The van der Waals surface area contributed by atoms with Crippen LogP contribution in [0, 0.1) is 5.92 Å². The summed E-state index contributed by atoms with van der Waals surface area (Å²) in [6.45, 7) is 0. The number of nitrogens with zero attached hydrogens (tertiary/aromatic N) is 3. The molecular formula is C12H15N5O3. The number of imidazole rings is 1. The molecule has 0 spiro atoms. The Morgan fingerprint density at radius 2 is 2.35 bits per heavy atom. The summed E-state index contributed by atoms with van der Waals surface area (Å²) in [4.78, 5) is 22.4. The standard InChI is InChI=1S/C12H15N5O3/c13-12-15-10-8(11(19)16-12)14-4-17(10)7-3-5-1-2-6(18)9(5)20-7/h4-7,9,18H,1-3H2,(H3,13,15,16,19)/t5?,6?,7-,9-/m0/s1. The topological polar surface area (TPSA) is 119 Å². The van der Waals surface area contributed by atoms with E-state index in [1.807, 2.05) is 0 Å². The SMILES string of the molecule is Nc1nc2c(ncn2[C@@H]2CC3CCC(O)[C@H]3O2)c(=O)[nH]1. The van der Waals surface area contributed by atoms with Gasteiger partial charge in [-0.2, -0.15) is 4.98 Å². The molecule has 0 radical (unpaired) electrons. The van der Waals surface area contributed by atoms with E-state index < -0.39 is 6.10 Å². The van der Waals surface area contributed by atoms with Crippen molar-refractivity contribution in [3.8, 4) is 0 Å². The number of aliphatic hydroxyl groups is 1. The average molecular weight is 277 g/mol.